The lowest BCUT2D eigenvalue weighted by molar-refractivity contribution is 0.306. The largest absolute Gasteiger partial charge is 0.489 e. The number of nitrogens with one attached hydrogen (secondary N) is 2. The molecule has 0 aliphatic rings. The molecule has 0 saturated heterocycles. The van der Waals surface area contributed by atoms with E-state index in [2.05, 4.69) is 83.1 Å². The number of hydrogen-bond donors (Lipinski definition) is 2. The number of ether oxygens (including phenoxy) is 2. The zero-order valence-corrected chi connectivity index (χ0v) is 23.8. The number of rotatable bonds is 12. The summed E-state index contributed by atoms with van der Waals surface area (Å²) in [4.78, 5) is 0. The molecule has 0 amide bonds. The fourth-order valence-electron chi connectivity index (χ4n) is 5.00. The highest BCUT2D eigenvalue weighted by Gasteiger charge is 2.14. The van der Waals surface area contributed by atoms with Gasteiger partial charge < -0.3 is 14.8 Å². The average molecular weight is 554 g/mol. The minimum atomic E-state index is 0.540. The van der Waals surface area contributed by atoms with Crippen molar-refractivity contribution < 1.29 is 9.47 Å². The van der Waals surface area contributed by atoms with Crippen LogP contribution >= 0.6 is 0 Å². The Labute approximate surface area is 247 Å². The number of anilines is 1. The van der Waals surface area contributed by atoms with Crippen molar-refractivity contribution >= 4 is 16.7 Å². The van der Waals surface area contributed by atoms with E-state index in [9.17, 15) is 0 Å². The molecule has 0 fully saturated rings. The molecule has 0 aliphatic heterocycles. The molecular formula is C37H35N3O2. The minimum absolute atomic E-state index is 0.540. The van der Waals surface area contributed by atoms with E-state index in [1.54, 1.807) is 0 Å². The van der Waals surface area contributed by atoms with E-state index in [0.717, 1.165) is 81.0 Å². The lowest BCUT2D eigenvalue weighted by atomic mass is 9.93. The van der Waals surface area contributed by atoms with Crippen LogP contribution in [0.15, 0.2) is 121 Å². The Morgan fingerprint density at radius 2 is 1.17 bits per heavy atom. The molecule has 5 aromatic carbocycles. The summed E-state index contributed by atoms with van der Waals surface area (Å²) < 4.78 is 12.1. The third-order valence-electron chi connectivity index (χ3n) is 7.35. The smallest absolute Gasteiger partial charge is 0.155 e. The maximum atomic E-state index is 6.06. The molecule has 1 heterocycles. The lowest BCUT2D eigenvalue weighted by Gasteiger charge is -2.14. The van der Waals surface area contributed by atoms with Crippen LogP contribution in [0.3, 0.4) is 0 Å². The van der Waals surface area contributed by atoms with Crippen molar-refractivity contribution in [3.63, 3.8) is 0 Å². The number of hydrogen-bond acceptors (Lipinski definition) is 4. The molecule has 0 spiro atoms. The van der Waals surface area contributed by atoms with E-state index >= 15 is 0 Å². The first-order valence-corrected chi connectivity index (χ1v) is 14.6. The second-order valence-electron chi connectivity index (χ2n) is 10.4. The highest BCUT2D eigenvalue weighted by atomic mass is 16.5. The van der Waals surface area contributed by atoms with Crippen LogP contribution in [0.5, 0.6) is 11.5 Å². The average Bonchev–Trinajstić information content (AvgIpc) is 3.45. The minimum Gasteiger partial charge on any atom is -0.489 e. The van der Waals surface area contributed by atoms with E-state index in [1.807, 2.05) is 60.7 Å². The topological polar surface area (TPSA) is 59.2 Å². The number of H-pyrrole nitrogens is 1. The Morgan fingerprint density at radius 3 is 1.69 bits per heavy atom. The van der Waals surface area contributed by atoms with Crippen molar-refractivity contribution in [3.8, 4) is 33.8 Å². The lowest BCUT2D eigenvalue weighted by Crippen LogP contribution is -2.01. The van der Waals surface area contributed by atoms with E-state index in [4.69, 9.17) is 9.47 Å². The molecule has 0 aliphatic carbocycles. The first-order chi connectivity index (χ1) is 20.8. The number of aromatic nitrogens is 2. The van der Waals surface area contributed by atoms with Gasteiger partial charge in [0.2, 0.25) is 0 Å². The second-order valence-corrected chi connectivity index (χ2v) is 10.4. The Kier molecular flexibility index (Phi) is 8.46. The van der Waals surface area contributed by atoms with Gasteiger partial charge in [-0.3, -0.25) is 5.10 Å². The van der Waals surface area contributed by atoms with E-state index in [0.29, 0.717) is 13.2 Å². The Balaban J connectivity index is 1.29. The van der Waals surface area contributed by atoms with Crippen molar-refractivity contribution in [1.29, 1.82) is 0 Å². The number of unbranched alkanes of at least 4 members (excludes halogenated alkanes) is 1. The second kappa shape index (κ2) is 13.1. The zero-order chi connectivity index (χ0) is 28.6. The molecule has 2 N–H and O–H groups in total. The molecule has 0 unspecified atom stereocenters. The van der Waals surface area contributed by atoms with Crippen LogP contribution in [0.4, 0.5) is 5.82 Å². The van der Waals surface area contributed by atoms with Crippen molar-refractivity contribution in [3.05, 3.63) is 132 Å². The summed E-state index contributed by atoms with van der Waals surface area (Å²) in [5.74, 6) is 2.57. The fourth-order valence-corrected chi connectivity index (χ4v) is 5.00. The molecular weight excluding hydrogens is 518 g/mol. The maximum absolute atomic E-state index is 6.06. The molecule has 5 nitrogen and oxygen atoms in total. The number of aromatic amines is 1. The molecule has 5 heteroatoms. The molecule has 42 heavy (non-hydrogen) atoms. The Hall–Kier alpha value is -5.03. The summed E-state index contributed by atoms with van der Waals surface area (Å²) in [5, 5.41) is 12.4. The van der Waals surface area contributed by atoms with Crippen LogP contribution in [-0.2, 0) is 13.2 Å². The standard InChI is InChI=1S/C37H35N3O2/c1-2-3-22-38-37-35-23-33(29-14-18-31(19-15-29)41-25-27-10-6-4-7-11-27)34(24-36(35)39-40-37)30-16-20-32(21-17-30)42-26-28-12-8-5-9-13-28/h4-21,23-24H,2-3,22,25-26H2,1H3,(H2,38,39,40). The zero-order valence-electron chi connectivity index (χ0n) is 23.8. The summed E-state index contributed by atoms with van der Waals surface area (Å²) in [5.41, 5.74) is 7.78. The Bertz CT molecular complexity index is 1710. The summed E-state index contributed by atoms with van der Waals surface area (Å²) in [6.45, 7) is 4.17. The predicted molar refractivity (Wildman–Crippen MR) is 172 cm³/mol. The summed E-state index contributed by atoms with van der Waals surface area (Å²) >= 11 is 0. The normalized spacial score (nSPS) is 11.0. The third-order valence-corrected chi connectivity index (χ3v) is 7.35. The quantitative estimate of drug-likeness (QED) is 0.148. The van der Waals surface area contributed by atoms with Gasteiger partial charge in [-0.1, -0.05) is 98.3 Å². The molecule has 6 rings (SSSR count). The van der Waals surface area contributed by atoms with Crippen LogP contribution in [-0.4, -0.2) is 16.7 Å². The fraction of sp³-hybridized carbons (Fsp3) is 0.162. The summed E-state index contributed by atoms with van der Waals surface area (Å²) in [6.07, 6.45) is 2.23. The first-order valence-electron chi connectivity index (χ1n) is 14.6. The third kappa shape index (κ3) is 6.47. The van der Waals surface area contributed by atoms with Crippen LogP contribution < -0.4 is 14.8 Å². The van der Waals surface area contributed by atoms with Gasteiger partial charge in [0.15, 0.2) is 5.82 Å². The summed E-state index contributed by atoms with van der Waals surface area (Å²) in [6, 6.07) is 41.6. The van der Waals surface area contributed by atoms with E-state index in [1.165, 1.54) is 0 Å². The van der Waals surface area contributed by atoms with E-state index < -0.39 is 0 Å². The monoisotopic (exact) mass is 553 g/mol. The number of benzene rings is 5. The van der Waals surface area contributed by atoms with Gasteiger partial charge in [-0.05, 0) is 76.2 Å². The van der Waals surface area contributed by atoms with Crippen LogP contribution in [0.25, 0.3) is 33.2 Å². The SMILES string of the molecule is CCCCNc1n[nH]c2cc(-c3ccc(OCc4ccccc4)cc3)c(-c3ccc(OCc4ccccc4)cc3)cc12. The van der Waals surface area contributed by atoms with Gasteiger partial charge in [-0.15, -0.1) is 0 Å². The van der Waals surface area contributed by atoms with Crippen molar-refractivity contribution in [1.82, 2.24) is 10.2 Å². The highest BCUT2D eigenvalue weighted by Crippen LogP contribution is 2.38. The van der Waals surface area contributed by atoms with E-state index in [-0.39, 0.29) is 0 Å². The summed E-state index contributed by atoms with van der Waals surface area (Å²) in [7, 11) is 0. The van der Waals surface area contributed by atoms with Gasteiger partial charge in [0.25, 0.3) is 0 Å². The van der Waals surface area contributed by atoms with Gasteiger partial charge >= 0.3 is 0 Å². The molecule has 0 bridgehead atoms. The van der Waals surface area contributed by atoms with Gasteiger partial charge in [0.1, 0.15) is 24.7 Å². The van der Waals surface area contributed by atoms with Crippen LogP contribution in [0.2, 0.25) is 0 Å². The molecule has 210 valence electrons. The van der Waals surface area contributed by atoms with Crippen LogP contribution in [0.1, 0.15) is 30.9 Å². The van der Waals surface area contributed by atoms with Gasteiger partial charge in [-0.2, -0.15) is 5.10 Å². The van der Waals surface area contributed by atoms with Gasteiger partial charge in [-0.25, -0.2) is 0 Å². The van der Waals surface area contributed by atoms with Crippen molar-refractivity contribution in [2.45, 2.75) is 33.0 Å². The number of nitrogens with zero attached hydrogens (tertiary/aromatic N) is 1. The van der Waals surface area contributed by atoms with Crippen molar-refractivity contribution in [2.75, 3.05) is 11.9 Å². The molecule has 0 atom stereocenters. The molecule has 0 radical (unpaired) electrons. The molecule has 6 aromatic rings. The van der Waals surface area contributed by atoms with Crippen LogP contribution in [0, 0.1) is 0 Å². The maximum Gasteiger partial charge on any atom is 0.155 e. The predicted octanol–water partition coefficient (Wildman–Crippen LogP) is 9.27. The Morgan fingerprint density at radius 1 is 0.643 bits per heavy atom. The van der Waals surface area contributed by atoms with Gasteiger partial charge in [0.05, 0.1) is 5.52 Å². The number of fused-ring (bicyclic) bond motifs is 1. The highest BCUT2D eigenvalue weighted by molar-refractivity contribution is 5.99. The van der Waals surface area contributed by atoms with Gasteiger partial charge in [0, 0.05) is 11.9 Å². The molecule has 1 aromatic heterocycles. The first kappa shape index (κ1) is 27.2. The molecule has 0 saturated carbocycles. The van der Waals surface area contributed by atoms with Crippen molar-refractivity contribution in [2.24, 2.45) is 0 Å².